The van der Waals surface area contributed by atoms with E-state index in [9.17, 15) is 4.39 Å². The predicted molar refractivity (Wildman–Crippen MR) is 49.0 cm³/mol. The molecular formula is C9H6ClFN2. The van der Waals surface area contributed by atoms with E-state index >= 15 is 0 Å². The van der Waals surface area contributed by atoms with Crippen LogP contribution in [-0.4, -0.2) is 9.97 Å². The van der Waals surface area contributed by atoms with Gasteiger partial charge in [-0.1, -0.05) is 11.6 Å². The molecule has 1 heterocycles. The lowest BCUT2D eigenvalue weighted by molar-refractivity contribution is 0.628. The van der Waals surface area contributed by atoms with Gasteiger partial charge in [0, 0.05) is 18.0 Å². The first-order chi connectivity index (χ1) is 6.27. The Hall–Kier alpha value is -1.35. The van der Waals surface area contributed by atoms with Crippen LogP contribution in [0.4, 0.5) is 4.39 Å². The van der Waals surface area contributed by atoms with Crippen molar-refractivity contribution >= 4 is 11.6 Å². The average molecular weight is 197 g/mol. The average Bonchev–Trinajstić information content (AvgIpc) is 2.61. The summed E-state index contributed by atoms with van der Waals surface area (Å²) in [5.74, 6) is 0.250. The van der Waals surface area contributed by atoms with Gasteiger partial charge in [-0.3, -0.25) is 0 Å². The second-order valence-corrected chi connectivity index (χ2v) is 2.97. The second kappa shape index (κ2) is 3.18. The highest BCUT2D eigenvalue weighted by Crippen LogP contribution is 2.25. The molecule has 0 spiro atoms. The van der Waals surface area contributed by atoms with E-state index in [1.165, 1.54) is 18.2 Å². The molecule has 2 aromatic rings. The predicted octanol–water partition coefficient (Wildman–Crippen LogP) is 2.87. The molecular weight excluding hydrogens is 191 g/mol. The maximum atomic E-state index is 12.8. The molecule has 0 radical (unpaired) electrons. The molecule has 0 fully saturated rings. The molecule has 0 unspecified atom stereocenters. The van der Waals surface area contributed by atoms with Crippen molar-refractivity contribution in [3.05, 3.63) is 41.4 Å². The first-order valence-corrected chi connectivity index (χ1v) is 4.10. The van der Waals surface area contributed by atoms with Crippen LogP contribution in [0.3, 0.4) is 0 Å². The zero-order valence-corrected chi connectivity index (χ0v) is 7.35. The summed E-state index contributed by atoms with van der Waals surface area (Å²) in [6, 6.07) is 4.17. The highest BCUT2D eigenvalue weighted by molar-refractivity contribution is 6.33. The van der Waals surface area contributed by atoms with E-state index in [-0.39, 0.29) is 5.82 Å². The fourth-order valence-electron chi connectivity index (χ4n) is 1.09. The van der Waals surface area contributed by atoms with Crippen molar-refractivity contribution in [1.82, 2.24) is 9.97 Å². The van der Waals surface area contributed by atoms with Crippen LogP contribution in [0.15, 0.2) is 30.6 Å². The molecule has 0 aliphatic heterocycles. The molecule has 0 saturated heterocycles. The van der Waals surface area contributed by atoms with Gasteiger partial charge in [0.15, 0.2) is 0 Å². The van der Waals surface area contributed by atoms with Crippen LogP contribution in [0.25, 0.3) is 11.4 Å². The molecule has 0 atom stereocenters. The molecule has 0 amide bonds. The van der Waals surface area contributed by atoms with Gasteiger partial charge in [0.1, 0.15) is 11.6 Å². The minimum absolute atomic E-state index is 0.323. The first kappa shape index (κ1) is 8.26. The molecule has 0 aliphatic carbocycles. The number of rotatable bonds is 1. The summed E-state index contributed by atoms with van der Waals surface area (Å²) in [7, 11) is 0. The van der Waals surface area contributed by atoms with Crippen molar-refractivity contribution in [2.75, 3.05) is 0 Å². The third-order valence-electron chi connectivity index (χ3n) is 1.68. The maximum Gasteiger partial charge on any atom is 0.138 e. The largest absolute Gasteiger partial charge is 0.345 e. The summed E-state index contributed by atoms with van der Waals surface area (Å²) in [5.41, 5.74) is 0.576. The van der Waals surface area contributed by atoms with Gasteiger partial charge >= 0.3 is 0 Å². The number of hydrogen-bond acceptors (Lipinski definition) is 1. The van der Waals surface area contributed by atoms with Crippen LogP contribution in [0, 0.1) is 5.82 Å². The van der Waals surface area contributed by atoms with E-state index in [0.717, 1.165) is 0 Å². The summed E-state index contributed by atoms with van der Waals surface area (Å²) in [4.78, 5) is 6.84. The third-order valence-corrected chi connectivity index (χ3v) is 2.01. The second-order valence-electron chi connectivity index (χ2n) is 2.56. The summed E-state index contributed by atoms with van der Waals surface area (Å²) in [6.45, 7) is 0. The summed E-state index contributed by atoms with van der Waals surface area (Å²) in [6.07, 6.45) is 3.26. The highest BCUT2D eigenvalue weighted by atomic mass is 35.5. The van der Waals surface area contributed by atoms with Gasteiger partial charge in [0.05, 0.1) is 5.02 Å². The van der Waals surface area contributed by atoms with Crippen LogP contribution < -0.4 is 0 Å². The van der Waals surface area contributed by atoms with E-state index in [0.29, 0.717) is 16.4 Å². The number of hydrogen-bond donors (Lipinski definition) is 1. The fourth-order valence-corrected chi connectivity index (χ4v) is 1.30. The Labute approximate surface area is 79.4 Å². The molecule has 66 valence electrons. The van der Waals surface area contributed by atoms with Crippen LogP contribution in [0.2, 0.25) is 5.02 Å². The van der Waals surface area contributed by atoms with E-state index in [1.807, 2.05) is 0 Å². The SMILES string of the molecule is Fc1ccc(Cl)c(-c2ncc[nH]2)c1. The highest BCUT2D eigenvalue weighted by Gasteiger charge is 2.05. The topological polar surface area (TPSA) is 28.7 Å². The van der Waals surface area contributed by atoms with Crippen molar-refractivity contribution in [2.24, 2.45) is 0 Å². The molecule has 4 heteroatoms. The van der Waals surface area contributed by atoms with Gasteiger partial charge < -0.3 is 4.98 Å². The first-order valence-electron chi connectivity index (χ1n) is 3.72. The Morgan fingerprint density at radius 2 is 2.23 bits per heavy atom. The van der Waals surface area contributed by atoms with Gasteiger partial charge in [-0.25, -0.2) is 9.37 Å². The Kier molecular flexibility index (Phi) is 2.02. The Morgan fingerprint density at radius 1 is 1.38 bits per heavy atom. The summed E-state index contributed by atoms with van der Waals surface area (Å²) >= 11 is 5.86. The summed E-state index contributed by atoms with van der Waals surface area (Å²) < 4.78 is 12.8. The van der Waals surface area contributed by atoms with E-state index in [4.69, 9.17) is 11.6 Å². The lowest BCUT2D eigenvalue weighted by atomic mass is 10.2. The van der Waals surface area contributed by atoms with Crippen molar-refractivity contribution in [3.8, 4) is 11.4 Å². The Morgan fingerprint density at radius 3 is 2.92 bits per heavy atom. The molecule has 1 N–H and O–H groups in total. The monoisotopic (exact) mass is 196 g/mol. The number of nitrogens with zero attached hydrogens (tertiary/aromatic N) is 1. The Balaban J connectivity index is 2.57. The molecule has 0 aliphatic rings. The van der Waals surface area contributed by atoms with Crippen LogP contribution in [0.1, 0.15) is 0 Å². The third kappa shape index (κ3) is 1.55. The number of halogens is 2. The number of imidazole rings is 1. The van der Waals surface area contributed by atoms with E-state index in [1.54, 1.807) is 12.4 Å². The van der Waals surface area contributed by atoms with Gasteiger partial charge in [-0.2, -0.15) is 0 Å². The lowest BCUT2D eigenvalue weighted by Crippen LogP contribution is -1.83. The quantitative estimate of drug-likeness (QED) is 0.747. The number of aromatic nitrogens is 2. The molecule has 2 nitrogen and oxygen atoms in total. The van der Waals surface area contributed by atoms with Crippen molar-refractivity contribution < 1.29 is 4.39 Å². The minimum atomic E-state index is -0.323. The zero-order chi connectivity index (χ0) is 9.26. The number of H-pyrrole nitrogens is 1. The van der Waals surface area contributed by atoms with Gasteiger partial charge in [0.2, 0.25) is 0 Å². The lowest BCUT2D eigenvalue weighted by Gasteiger charge is -1.99. The van der Waals surface area contributed by atoms with Crippen LogP contribution >= 0.6 is 11.6 Å². The summed E-state index contributed by atoms with van der Waals surface area (Å²) in [5, 5.41) is 0.483. The number of nitrogens with one attached hydrogen (secondary N) is 1. The minimum Gasteiger partial charge on any atom is -0.345 e. The molecule has 13 heavy (non-hydrogen) atoms. The Bertz CT molecular complexity index is 412. The normalized spacial score (nSPS) is 10.3. The standard InChI is InChI=1S/C9H6ClFN2/c10-8-2-1-6(11)5-7(8)9-12-3-4-13-9/h1-5H,(H,12,13). The molecule has 0 saturated carbocycles. The molecule has 1 aromatic carbocycles. The number of benzene rings is 1. The van der Waals surface area contributed by atoms with E-state index < -0.39 is 0 Å². The molecule has 0 bridgehead atoms. The number of aromatic amines is 1. The van der Waals surface area contributed by atoms with Gasteiger partial charge in [-0.05, 0) is 18.2 Å². The maximum absolute atomic E-state index is 12.8. The van der Waals surface area contributed by atoms with Gasteiger partial charge in [-0.15, -0.1) is 0 Å². The molecule has 2 rings (SSSR count). The fraction of sp³-hybridized carbons (Fsp3) is 0. The van der Waals surface area contributed by atoms with Gasteiger partial charge in [0.25, 0.3) is 0 Å². The van der Waals surface area contributed by atoms with Crippen LogP contribution in [-0.2, 0) is 0 Å². The smallest absolute Gasteiger partial charge is 0.138 e. The van der Waals surface area contributed by atoms with Crippen LogP contribution in [0.5, 0.6) is 0 Å². The van der Waals surface area contributed by atoms with Crippen molar-refractivity contribution in [1.29, 1.82) is 0 Å². The van der Waals surface area contributed by atoms with E-state index in [2.05, 4.69) is 9.97 Å². The van der Waals surface area contributed by atoms with Crippen molar-refractivity contribution in [3.63, 3.8) is 0 Å². The molecule has 1 aromatic heterocycles. The van der Waals surface area contributed by atoms with Crippen molar-refractivity contribution in [2.45, 2.75) is 0 Å². The zero-order valence-electron chi connectivity index (χ0n) is 6.59.